The second-order valence-electron chi connectivity index (χ2n) is 0.600. The summed E-state index contributed by atoms with van der Waals surface area (Å²) in [7, 11) is -4.61. The molecule has 7 heteroatoms. The second-order valence-corrected chi connectivity index (χ2v) is 1.80. The van der Waals surface area contributed by atoms with Crippen molar-refractivity contribution in [2.75, 3.05) is 0 Å². The Morgan fingerprint density at radius 3 is 0.857 bits per heavy atom. The molecule has 0 aromatic rings. The van der Waals surface area contributed by atoms with Crippen LogP contribution in [0, 0.1) is 0 Å². The van der Waals surface area contributed by atoms with Crippen LogP contribution in [0.25, 0.3) is 0 Å². The van der Waals surface area contributed by atoms with Crippen LogP contribution >= 0.6 is 0 Å². The molecule has 0 unspecified atom stereocenters. The predicted octanol–water partition coefficient (Wildman–Crippen LogP) is -4.98. The maximum atomic E-state index is 7.33. The Kier molecular flexibility index (Phi) is 12.7. The maximum absolute atomic E-state index is 7.33. The van der Waals surface area contributed by atoms with Gasteiger partial charge in [-0.15, -0.1) is 0 Å². The van der Waals surface area contributed by atoms with Gasteiger partial charge < -0.3 is 19.2 Å². The number of rotatable bonds is 0. The molecule has 0 fully saturated rings. The van der Waals surface area contributed by atoms with Crippen molar-refractivity contribution < 1.29 is 19.2 Å². The van der Waals surface area contributed by atoms with Crippen molar-refractivity contribution in [1.82, 2.24) is 0 Å². The van der Waals surface area contributed by atoms with Crippen LogP contribution in [-0.4, -0.2) is 71.8 Å². The summed E-state index contributed by atoms with van der Waals surface area (Å²) in [4.78, 5) is 29.3. The van der Waals surface area contributed by atoms with E-state index >= 15 is 0 Å². The van der Waals surface area contributed by atoms with Crippen molar-refractivity contribution in [1.29, 1.82) is 0 Å². The van der Waals surface area contributed by atoms with Gasteiger partial charge in [-0.2, -0.15) is 0 Å². The zero-order chi connectivity index (χ0) is 4.50. The second kappa shape index (κ2) is 5.61. The van der Waals surface area contributed by atoms with Gasteiger partial charge in [0.05, 0.1) is 0 Å². The third kappa shape index (κ3) is 103. The molecule has 0 aromatic heterocycles. The predicted molar refractivity (Wildman–Crippen MR) is 34.5 cm³/mol. The molecule has 0 aromatic carbocycles. The molecule has 0 atom stereocenters. The summed E-state index contributed by atoms with van der Waals surface area (Å²) < 4.78 is 0. The van der Waals surface area contributed by atoms with E-state index in [1.165, 1.54) is 0 Å². The minimum atomic E-state index is -4.61. The number of hydrogen-bond acceptors (Lipinski definition) is 4. The summed E-state index contributed by atoms with van der Waals surface area (Å²) in [5, 5.41) is 0. The van der Waals surface area contributed by atoms with Gasteiger partial charge in [-0.05, 0) is 0 Å². The standard InChI is InChI=1S/Al.Bi.H4O4Si.6H/c;;1-5(2,3)4;;;;;;/h;;1-4H;;;;;;. The van der Waals surface area contributed by atoms with Crippen molar-refractivity contribution >= 4 is 52.6 Å². The molecule has 4 N–H and O–H groups in total. The van der Waals surface area contributed by atoms with E-state index in [2.05, 4.69) is 0 Å². The fourth-order valence-electron chi connectivity index (χ4n) is 0. The molecule has 0 bridgehead atoms. The van der Waals surface area contributed by atoms with Crippen LogP contribution < -0.4 is 0 Å². The van der Waals surface area contributed by atoms with Crippen LogP contribution in [0.5, 0.6) is 0 Å². The normalized spacial score (nSPS) is 8.57. The molecule has 0 aliphatic rings. The first-order valence-corrected chi connectivity index (χ1v) is 2.68. The molecule has 4 nitrogen and oxygen atoms in total. The van der Waals surface area contributed by atoms with Gasteiger partial charge in [-0.25, -0.2) is 0 Å². The van der Waals surface area contributed by atoms with E-state index in [0.717, 1.165) is 0 Å². The van der Waals surface area contributed by atoms with Gasteiger partial charge in [-0.3, -0.25) is 0 Å². The van der Waals surface area contributed by atoms with Gasteiger partial charge >= 0.3 is 35.3 Å². The minimum absolute atomic E-state index is 0. The van der Waals surface area contributed by atoms with Gasteiger partial charge in [-0.1, -0.05) is 0 Å². The third-order valence-electron chi connectivity index (χ3n) is 0. The van der Waals surface area contributed by atoms with Crippen molar-refractivity contribution in [3.05, 3.63) is 0 Å². The molecule has 0 rings (SSSR count). The third-order valence-corrected chi connectivity index (χ3v) is 0. The van der Waals surface area contributed by atoms with E-state index in [1.54, 1.807) is 0 Å². The van der Waals surface area contributed by atoms with Crippen LogP contribution in [0.15, 0.2) is 0 Å². The average molecular weight is 338 g/mol. The molecule has 0 spiro atoms. The van der Waals surface area contributed by atoms with Crippen LogP contribution in [0.4, 0.5) is 0 Å². The SMILES string of the molecule is O[Si](O)(O)O.[AlH3].[BiH3]. The Morgan fingerprint density at radius 2 is 0.857 bits per heavy atom. The average Bonchev–Trinajstić information content (AvgIpc) is 0.722. The first kappa shape index (κ1) is 15.8. The van der Waals surface area contributed by atoms with E-state index in [4.69, 9.17) is 19.2 Å². The first-order chi connectivity index (χ1) is 2.00. The fourth-order valence-corrected chi connectivity index (χ4v) is 0. The Hall–Kier alpha value is 1.47. The Balaban J connectivity index is -0.0000000800. The van der Waals surface area contributed by atoms with Crippen LogP contribution in [0.1, 0.15) is 0 Å². The van der Waals surface area contributed by atoms with E-state index in [0.29, 0.717) is 0 Å². The summed E-state index contributed by atoms with van der Waals surface area (Å²) in [6, 6.07) is 0. The molecular weight excluding hydrogens is 328 g/mol. The zero-order valence-electron chi connectivity index (χ0n) is 3.00. The van der Waals surface area contributed by atoms with E-state index in [1.807, 2.05) is 0 Å². The Labute approximate surface area is 71.5 Å². The van der Waals surface area contributed by atoms with Crippen molar-refractivity contribution in [2.24, 2.45) is 0 Å². The molecule has 0 saturated heterocycles. The van der Waals surface area contributed by atoms with Gasteiger partial charge in [0.1, 0.15) is 0 Å². The van der Waals surface area contributed by atoms with Crippen LogP contribution in [0.3, 0.4) is 0 Å². The van der Waals surface area contributed by atoms with E-state index in [-0.39, 0.29) is 43.6 Å². The number of hydrogen-bond donors (Lipinski definition) is 4. The van der Waals surface area contributed by atoms with Gasteiger partial charge in [0.2, 0.25) is 0 Å². The summed E-state index contributed by atoms with van der Waals surface area (Å²) in [5.41, 5.74) is 0. The summed E-state index contributed by atoms with van der Waals surface area (Å²) in [5.74, 6) is 0. The summed E-state index contributed by atoms with van der Waals surface area (Å²) >= 11 is 0. The van der Waals surface area contributed by atoms with Crippen molar-refractivity contribution in [3.8, 4) is 0 Å². The van der Waals surface area contributed by atoms with Crippen molar-refractivity contribution in [2.45, 2.75) is 0 Å². The summed E-state index contributed by atoms with van der Waals surface area (Å²) in [6.07, 6.45) is 0. The molecule has 0 heterocycles. The monoisotopic (exact) mass is 338 g/mol. The zero-order valence-corrected chi connectivity index (χ0v) is 9.49. The van der Waals surface area contributed by atoms with Gasteiger partial charge in [0.25, 0.3) is 0 Å². The van der Waals surface area contributed by atoms with Crippen LogP contribution in [0.2, 0.25) is 0 Å². The van der Waals surface area contributed by atoms with Crippen molar-refractivity contribution in [3.63, 3.8) is 0 Å². The van der Waals surface area contributed by atoms with E-state index < -0.39 is 9.05 Å². The van der Waals surface area contributed by atoms with Gasteiger partial charge in [0.15, 0.2) is 17.4 Å². The molecule has 7 heavy (non-hydrogen) atoms. The fraction of sp³-hybridized carbons (Fsp3) is 0. The van der Waals surface area contributed by atoms with Crippen LogP contribution in [-0.2, 0) is 0 Å². The topological polar surface area (TPSA) is 80.9 Å². The molecule has 0 aliphatic carbocycles. The Bertz CT molecular complexity index is 27.2. The molecule has 0 amide bonds. The molecule has 0 saturated carbocycles. The Morgan fingerprint density at radius 1 is 0.857 bits per heavy atom. The van der Waals surface area contributed by atoms with E-state index in [9.17, 15) is 0 Å². The summed E-state index contributed by atoms with van der Waals surface area (Å²) in [6.45, 7) is 0. The first-order valence-electron chi connectivity index (χ1n) is 0.894. The molecular formula is H10AlBiO4Si. The molecule has 0 aliphatic heterocycles. The molecule has 46 valence electrons. The quantitative estimate of drug-likeness (QED) is 0.334. The molecule has 0 radical (unpaired) electrons. The van der Waals surface area contributed by atoms with Gasteiger partial charge in [0, 0.05) is 0 Å².